The highest BCUT2D eigenvalue weighted by atomic mass is 16.3. The fourth-order valence-electron chi connectivity index (χ4n) is 3.85. The summed E-state index contributed by atoms with van der Waals surface area (Å²) in [5.41, 5.74) is 4.62. The third kappa shape index (κ3) is 3.69. The normalized spacial score (nSPS) is 19.3. The van der Waals surface area contributed by atoms with Gasteiger partial charge in [0.15, 0.2) is 5.65 Å². The molecule has 1 saturated carbocycles. The van der Waals surface area contributed by atoms with Gasteiger partial charge in [-0.05, 0) is 62.1 Å². The smallest absolute Gasteiger partial charge is 0.154 e. The monoisotopic (exact) mass is 386 g/mol. The molecule has 0 bridgehead atoms. The molecular formula is C22H22N6O. The Labute approximate surface area is 168 Å². The quantitative estimate of drug-likeness (QED) is 0.557. The minimum Gasteiger partial charge on any atom is -0.393 e. The molecule has 1 aliphatic rings. The lowest BCUT2D eigenvalue weighted by atomic mass is 9.93. The predicted molar refractivity (Wildman–Crippen MR) is 111 cm³/mol. The largest absolute Gasteiger partial charge is 0.393 e. The summed E-state index contributed by atoms with van der Waals surface area (Å²) in [4.78, 5) is 13.1. The van der Waals surface area contributed by atoms with Crippen molar-refractivity contribution < 1.29 is 5.11 Å². The Kier molecular flexibility index (Phi) is 4.65. The standard InChI is InChI=1S/C22H22N6O/c29-18-3-1-17(2-4-18)26-21-5-6-22-25-14-20(28(22)27-21)16-9-12-24-19(13-16)15-7-10-23-11-8-15/h5-14,17-18,29H,1-4H2,(H,26,27). The van der Waals surface area contributed by atoms with Gasteiger partial charge in [-0.2, -0.15) is 0 Å². The van der Waals surface area contributed by atoms with E-state index in [1.165, 1.54) is 0 Å². The molecule has 0 amide bonds. The van der Waals surface area contributed by atoms with Crippen LogP contribution in [0.15, 0.2) is 61.2 Å². The molecule has 0 spiro atoms. The van der Waals surface area contributed by atoms with E-state index in [9.17, 15) is 5.11 Å². The predicted octanol–water partition coefficient (Wildman–Crippen LogP) is 3.57. The van der Waals surface area contributed by atoms with Gasteiger partial charge in [0.2, 0.25) is 0 Å². The molecule has 4 aromatic heterocycles. The first-order valence-electron chi connectivity index (χ1n) is 9.92. The van der Waals surface area contributed by atoms with E-state index in [0.29, 0.717) is 6.04 Å². The van der Waals surface area contributed by atoms with Gasteiger partial charge in [-0.1, -0.05) is 0 Å². The van der Waals surface area contributed by atoms with Gasteiger partial charge in [0.25, 0.3) is 0 Å². The molecule has 0 atom stereocenters. The Balaban J connectivity index is 1.46. The number of pyridine rings is 2. The number of aliphatic hydroxyl groups is 1. The third-order valence-corrected chi connectivity index (χ3v) is 5.44. The molecule has 7 heteroatoms. The molecule has 7 nitrogen and oxygen atoms in total. The maximum atomic E-state index is 9.71. The van der Waals surface area contributed by atoms with Crippen molar-refractivity contribution in [3.8, 4) is 22.5 Å². The van der Waals surface area contributed by atoms with Crippen molar-refractivity contribution in [3.05, 3.63) is 61.2 Å². The lowest BCUT2D eigenvalue weighted by Gasteiger charge is -2.26. The number of fused-ring (bicyclic) bond motifs is 1. The zero-order chi connectivity index (χ0) is 19.6. The molecule has 4 aromatic rings. The molecule has 1 aliphatic carbocycles. The van der Waals surface area contributed by atoms with Gasteiger partial charge >= 0.3 is 0 Å². The number of imidazole rings is 1. The summed E-state index contributed by atoms with van der Waals surface area (Å²) in [6.45, 7) is 0. The highest BCUT2D eigenvalue weighted by molar-refractivity contribution is 5.69. The second-order valence-corrected chi connectivity index (χ2v) is 7.45. The van der Waals surface area contributed by atoms with Gasteiger partial charge in [0.1, 0.15) is 5.82 Å². The summed E-state index contributed by atoms with van der Waals surface area (Å²) in [6.07, 6.45) is 10.6. The van der Waals surface area contributed by atoms with Crippen LogP contribution in [0.25, 0.3) is 28.2 Å². The molecule has 2 N–H and O–H groups in total. The van der Waals surface area contributed by atoms with E-state index < -0.39 is 0 Å². The number of hydrogen-bond acceptors (Lipinski definition) is 6. The first kappa shape index (κ1) is 17.8. The van der Waals surface area contributed by atoms with Crippen molar-refractivity contribution in [2.75, 3.05) is 5.32 Å². The number of anilines is 1. The molecule has 29 heavy (non-hydrogen) atoms. The maximum Gasteiger partial charge on any atom is 0.154 e. The van der Waals surface area contributed by atoms with E-state index in [4.69, 9.17) is 5.10 Å². The van der Waals surface area contributed by atoms with Crippen LogP contribution in [0.3, 0.4) is 0 Å². The van der Waals surface area contributed by atoms with Crippen molar-refractivity contribution in [2.45, 2.75) is 37.8 Å². The van der Waals surface area contributed by atoms with Gasteiger partial charge in [-0.3, -0.25) is 9.97 Å². The van der Waals surface area contributed by atoms with E-state index >= 15 is 0 Å². The van der Waals surface area contributed by atoms with Crippen molar-refractivity contribution in [2.24, 2.45) is 0 Å². The molecule has 0 radical (unpaired) electrons. The van der Waals surface area contributed by atoms with Crippen LogP contribution in [-0.4, -0.2) is 41.8 Å². The number of hydrogen-bond donors (Lipinski definition) is 2. The number of aliphatic hydroxyl groups excluding tert-OH is 1. The molecule has 5 rings (SSSR count). The van der Waals surface area contributed by atoms with Crippen molar-refractivity contribution >= 4 is 11.5 Å². The van der Waals surface area contributed by atoms with Crippen LogP contribution in [-0.2, 0) is 0 Å². The van der Waals surface area contributed by atoms with E-state index in [1.54, 1.807) is 18.6 Å². The van der Waals surface area contributed by atoms with E-state index in [1.807, 2.05) is 47.1 Å². The first-order chi connectivity index (χ1) is 14.3. The Morgan fingerprint density at radius 3 is 2.52 bits per heavy atom. The van der Waals surface area contributed by atoms with Crippen LogP contribution < -0.4 is 5.32 Å². The first-order valence-corrected chi connectivity index (χ1v) is 9.92. The number of aromatic nitrogens is 5. The molecule has 4 heterocycles. The highest BCUT2D eigenvalue weighted by Crippen LogP contribution is 2.26. The molecule has 0 unspecified atom stereocenters. The van der Waals surface area contributed by atoms with Crippen LogP contribution in [0.4, 0.5) is 5.82 Å². The number of nitrogens with zero attached hydrogens (tertiary/aromatic N) is 5. The molecule has 0 aromatic carbocycles. The van der Waals surface area contributed by atoms with Gasteiger partial charge in [-0.25, -0.2) is 9.50 Å². The third-order valence-electron chi connectivity index (χ3n) is 5.44. The zero-order valence-corrected chi connectivity index (χ0v) is 15.9. The van der Waals surface area contributed by atoms with E-state index in [-0.39, 0.29) is 6.10 Å². The minimum atomic E-state index is -0.162. The molecule has 146 valence electrons. The van der Waals surface area contributed by atoms with Crippen LogP contribution in [0.2, 0.25) is 0 Å². The summed E-state index contributed by atoms with van der Waals surface area (Å²) in [6, 6.07) is 12.2. The summed E-state index contributed by atoms with van der Waals surface area (Å²) in [5, 5.41) is 18.0. The number of nitrogens with one attached hydrogen (secondary N) is 1. The van der Waals surface area contributed by atoms with Gasteiger partial charge in [0, 0.05) is 35.8 Å². The Bertz CT molecular complexity index is 1120. The summed E-state index contributed by atoms with van der Waals surface area (Å²) >= 11 is 0. The average molecular weight is 386 g/mol. The molecule has 1 fully saturated rings. The fraction of sp³-hybridized carbons (Fsp3) is 0.273. The van der Waals surface area contributed by atoms with Crippen LogP contribution in [0.1, 0.15) is 25.7 Å². The zero-order valence-electron chi connectivity index (χ0n) is 15.9. The van der Waals surface area contributed by atoms with E-state index in [0.717, 1.165) is 59.7 Å². The topological polar surface area (TPSA) is 88.2 Å². The van der Waals surface area contributed by atoms with Crippen molar-refractivity contribution in [3.63, 3.8) is 0 Å². The Morgan fingerprint density at radius 1 is 0.897 bits per heavy atom. The maximum absolute atomic E-state index is 9.71. The second-order valence-electron chi connectivity index (χ2n) is 7.45. The molecular weight excluding hydrogens is 364 g/mol. The number of rotatable bonds is 4. The Morgan fingerprint density at radius 2 is 1.69 bits per heavy atom. The summed E-state index contributed by atoms with van der Waals surface area (Å²) < 4.78 is 1.87. The van der Waals surface area contributed by atoms with Crippen molar-refractivity contribution in [1.82, 2.24) is 24.6 Å². The molecule has 0 aliphatic heterocycles. The SMILES string of the molecule is OC1CCC(Nc2ccc3ncc(-c4ccnc(-c5ccncc5)c4)n3n2)CC1. The van der Waals surface area contributed by atoms with Crippen LogP contribution in [0.5, 0.6) is 0 Å². The Hall–Kier alpha value is -3.32. The van der Waals surface area contributed by atoms with Crippen LogP contribution >= 0.6 is 0 Å². The van der Waals surface area contributed by atoms with Gasteiger partial charge in [0.05, 0.1) is 23.7 Å². The summed E-state index contributed by atoms with van der Waals surface area (Å²) in [5.74, 6) is 0.821. The molecule has 0 saturated heterocycles. The highest BCUT2D eigenvalue weighted by Gasteiger charge is 2.19. The van der Waals surface area contributed by atoms with Crippen LogP contribution in [0, 0.1) is 0 Å². The lowest BCUT2D eigenvalue weighted by Crippen LogP contribution is -2.28. The lowest BCUT2D eigenvalue weighted by molar-refractivity contribution is 0.126. The fourth-order valence-corrected chi connectivity index (χ4v) is 3.85. The minimum absolute atomic E-state index is 0.162. The second kappa shape index (κ2) is 7.60. The average Bonchev–Trinajstić information content (AvgIpc) is 3.19. The van der Waals surface area contributed by atoms with Gasteiger partial charge in [-0.15, -0.1) is 5.10 Å². The van der Waals surface area contributed by atoms with Crippen molar-refractivity contribution in [1.29, 1.82) is 0 Å². The van der Waals surface area contributed by atoms with Gasteiger partial charge < -0.3 is 10.4 Å². The van der Waals surface area contributed by atoms with E-state index in [2.05, 4.69) is 20.3 Å². The summed E-state index contributed by atoms with van der Waals surface area (Å²) in [7, 11) is 0.